The van der Waals surface area contributed by atoms with E-state index in [2.05, 4.69) is 10.2 Å². The van der Waals surface area contributed by atoms with E-state index in [-0.39, 0.29) is 25.9 Å². The molecule has 0 amide bonds. The SMILES string of the molecule is NNC(CCCC(F)(F)F)CCOCC(F)(F)F. The number of halogens is 6. The molecular weight excluding hydrogens is 266 g/mol. The van der Waals surface area contributed by atoms with Crippen LogP contribution in [0, 0.1) is 0 Å². The van der Waals surface area contributed by atoms with Crippen molar-refractivity contribution < 1.29 is 31.1 Å². The summed E-state index contributed by atoms with van der Waals surface area (Å²) in [5, 5.41) is 0. The third kappa shape index (κ3) is 11.9. The van der Waals surface area contributed by atoms with Gasteiger partial charge in [-0.1, -0.05) is 0 Å². The van der Waals surface area contributed by atoms with Crippen LogP contribution in [0.25, 0.3) is 0 Å². The largest absolute Gasteiger partial charge is 0.411 e. The minimum Gasteiger partial charge on any atom is -0.372 e. The van der Waals surface area contributed by atoms with E-state index >= 15 is 0 Å². The standard InChI is InChI=1S/C9H16F6N2O/c10-8(11,12)4-1-2-7(17-16)3-5-18-6-9(13,14)15/h7,17H,1-6,16H2. The summed E-state index contributed by atoms with van der Waals surface area (Å²) >= 11 is 0. The van der Waals surface area contributed by atoms with E-state index in [1.807, 2.05) is 0 Å². The lowest BCUT2D eigenvalue weighted by Crippen LogP contribution is -2.36. The Hall–Kier alpha value is -0.540. The summed E-state index contributed by atoms with van der Waals surface area (Å²) in [6.45, 7) is -1.58. The van der Waals surface area contributed by atoms with E-state index in [0.717, 1.165) is 0 Å². The normalized spacial score (nSPS) is 14.8. The van der Waals surface area contributed by atoms with Crippen LogP contribution >= 0.6 is 0 Å². The highest BCUT2D eigenvalue weighted by molar-refractivity contribution is 4.65. The predicted molar refractivity (Wildman–Crippen MR) is 52.5 cm³/mol. The van der Waals surface area contributed by atoms with Crippen LogP contribution in [0.5, 0.6) is 0 Å². The average molecular weight is 282 g/mol. The van der Waals surface area contributed by atoms with Crippen molar-refractivity contribution >= 4 is 0 Å². The summed E-state index contributed by atoms with van der Waals surface area (Å²) in [7, 11) is 0. The molecule has 0 aliphatic carbocycles. The zero-order chi connectivity index (χ0) is 14.2. The average Bonchev–Trinajstić information content (AvgIpc) is 2.18. The van der Waals surface area contributed by atoms with Crippen molar-refractivity contribution in [2.75, 3.05) is 13.2 Å². The minimum absolute atomic E-state index is 0.127. The molecule has 3 N–H and O–H groups in total. The van der Waals surface area contributed by atoms with Crippen LogP contribution in [0.15, 0.2) is 0 Å². The van der Waals surface area contributed by atoms with Gasteiger partial charge in [0.1, 0.15) is 6.61 Å². The smallest absolute Gasteiger partial charge is 0.372 e. The van der Waals surface area contributed by atoms with Crippen LogP contribution in [0.3, 0.4) is 0 Å². The lowest BCUT2D eigenvalue weighted by atomic mass is 10.1. The molecule has 0 aromatic rings. The summed E-state index contributed by atoms with van der Waals surface area (Å²) in [6.07, 6.45) is -9.43. The van der Waals surface area contributed by atoms with Crippen molar-refractivity contribution in [3.05, 3.63) is 0 Å². The number of ether oxygens (including phenoxy) is 1. The topological polar surface area (TPSA) is 47.3 Å². The van der Waals surface area contributed by atoms with E-state index in [9.17, 15) is 26.3 Å². The Bertz CT molecular complexity index is 218. The first-order chi connectivity index (χ1) is 8.14. The number of hydrazine groups is 1. The molecule has 0 aliphatic heterocycles. The summed E-state index contributed by atoms with van der Waals surface area (Å²) < 4.78 is 75.0. The molecule has 0 bridgehead atoms. The molecule has 0 saturated heterocycles. The van der Waals surface area contributed by atoms with Gasteiger partial charge in [0.2, 0.25) is 0 Å². The lowest BCUT2D eigenvalue weighted by molar-refractivity contribution is -0.174. The van der Waals surface area contributed by atoms with E-state index in [4.69, 9.17) is 5.84 Å². The van der Waals surface area contributed by atoms with Crippen molar-refractivity contribution in [3.63, 3.8) is 0 Å². The molecule has 0 radical (unpaired) electrons. The monoisotopic (exact) mass is 282 g/mol. The van der Waals surface area contributed by atoms with E-state index < -0.39 is 31.4 Å². The molecule has 18 heavy (non-hydrogen) atoms. The van der Waals surface area contributed by atoms with Gasteiger partial charge in [-0.2, -0.15) is 26.3 Å². The molecule has 0 heterocycles. The lowest BCUT2D eigenvalue weighted by Gasteiger charge is -2.16. The molecule has 110 valence electrons. The minimum atomic E-state index is -4.40. The fraction of sp³-hybridized carbons (Fsp3) is 1.00. The zero-order valence-corrected chi connectivity index (χ0v) is 9.57. The molecule has 0 saturated carbocycles. The zero-order valence-electron chi connectivity index (χ0n) is 9.57. The second-order valence-corrected chi connectivity index (χ2v) is 3.83. The number of hydrogen-bond acceptors (Lipinski definition) is 3. The molecule has 1 atom stereocenters. The Balaban J connectivity index is 3.65. The summed E-state index contributed by atoms with van der Waals surface area (Å²) in [5.41, 5.74) is 2.26. The summed E-state index contributed by atoms with van der Waals surface area (Å²) in [4.78, 5) is 0. The Morgan fingerprint density at radius 3 is 2.06 bits per heavy atom. The third-order valence-corrected chi connectivity index (χ3v) is 2.12. The second kappa shape index (κ2) is 7.80. The van der Waals surface area contributed by atoms with Gasteiger partial charge in [-0.3, -0.25) is 11.3 Å². The highest BCUT2D eigenvalue weighted by atomic mass is 19.4. The van der Waals surface area contributed by atoms with E-state index in [0.29, 0.717) is 0 Å². The molecule has 1 unspecified atom stereocenters. The Labute approximate surface area is 101 Å². The van der Waals surface area contributed by atoms with Gasteiger partial charge in [0.05, 0.1) is 0 Å². The van der Waals surface area contributed by atoms with Crippen LogP contribution in [-0.4, -0.2) is 31.6 Å². The molecule has 0 aromatic heterocycles. The molecule has 0 fully saturated rings. The third-order valence-electron chi connectivity index (χ3n) is 2.12. The number of rotatable bonds is 8. The highest BCUT2D eigenvalue weighted by Crippen LogP contribution is 2.23. The first kappa shape index (κ1) is 17.5. The second-order valence-electron chi connectivity index (χ2n) is 3.83. The Morgan fingerprint density at radius 1 is 1.00 bits per heavy atom. The molecule has 0 aromatic carbocycles. The Morgan fingerprint density at radius 2 is 1.61 bits per heavy atom. The first-order valence-corrected chi connectivity index (χ1v) is 5.31. The van der Waals surface area contributed by atoms with Crippen molar-refractivity contribution in [1.29, 1.82) is 0 Å². The number of nitrogens with one attached hydrogen (secondary N) is 1. The van der Waals surface area contributed by atoms with Gasteiger partial charge in [-0.25, -0.2) is 0 Å². The predicted octanol–water partition coefficient (Wildman–Crippen LogP) is 2.52. The maximum absolute atomic E-state index is 11.8. The van der Waals surface area contributed by atoms with Crippen LogP contribution < -0.4 is 11.3 Å². The van der Waals surface area contributed by atoms with Crippen molar-refractivity contribution in [3.8, 4) is 0 Å². The molecular formula is C9H16F6N2O. The summed E-state index contributed by atoms with van der Waals surface area (Å²) in [5.74, 6) is 5.08. The molecule has 3 nitrogen and oxygen atoms in total. The van der Waals surface area contributed by atoms with Gasteiger partial charge in [0.15, 0.2) is 0 Å². The maximum atomic E-state index is 11.8. The quantitative estimate of drug-likeness (QED) is 0.311. The molecule has 0 aliphatic rings. The highest BCUT2D eigenvalue weighted by Gasteiger charge is 2.28. The maximum Gasteiger partial charge on any atom is 0.411 e. The fourth-order valence-electron chi connectivity index (χ4n) is 1.27. The molecule has 9 heteroatoms. The first-order valence-electron chi connectivity index (χ1n) is 5.31. The van der Waals surface area contributed by atoms with Gasteiger partial charge in [-0.15, -0.1) is 0 Å². The van der Waals surface area contributed by atoms with Crippen LogP contribution in [0.4, 0.5) is 26.3 Å². The van der Waals surface area contributed by atoms with Crippen molar-refractivity contribution in [2.45, 2.75) is 44.1 Å². The van der Waals surface area contributed by atoms with Gasteiger partial charge >= 0.3 is 12.4 Å². The van der Waals surface area contributed by atoms with Crippen molar-refractivity contribution in [1.82, 2.24) is 5.43 Å². The van der Waals surface area contributed by atoms with Crippen LogP contribution in [0.1, 0.15) is 25.7 Å². The van der Waals surface area contributed by atoms with E-state index in [1.54, 1.807) is 0 Å². The van der Waals surface area contributed by atoms with Gasteiger partial charge in [0.25, 0.3) is 0 Å². The van der Waals surface area contributed by atoms with Gasteiger partial charge < -0.3 is 4.74 Å². The van der Waals surface area contributed by atoms with Crippen molar-refractivity contribution in [2.24, 2.45) is 5.84 Å². The Kier molecular flexibility index (Phi) is 7.56. The number of alkyl halides is 6. The fourth-order valence-corrected chi connectivity index (χ4v) is 1.27. The number of nitrogens with two attached hydrogens (primary N) is 1. The van der Waals surface area contributed by atoms with Gasteiger partial charge in [0, 0.05) is 19.1 Å². The van der Waals surface area contributed by atoms with Gasteiger partial charge in [-0.05, 0) is 19.3 Å². The molecule has 0 spiro atoms. The van der Waals surface area contributed by atoms with Crippen LogP contribution in [-0.2, 0) is 4.74 Å². The summed E-state index contributed by atoms with van der Waals surface area (Å²) in [6, 6.07) is -0.486. The number of hydrogen-bond donors (Lipinski definition) is 2. The van der Waals surface area contributed by atoms with Crippen LogP contribution in [0.2, 0.25) is 0 Å². The van der Waals surface area contributed by atoms with E-state index in [1.165, 1.54) is 0 Å². The molecule has 0 rings (SSSR count).